The molecule has 0 radical (unpaired) electrons. The number of furan rings is 1. The van der Waals surface area contributed by atoms with E-state index < -0.39 is 12.7 Å². The zero-order valence-electron chi connectivity index (χ0n) is 15.0. The molecule has 0 unspecified atom stereocenters. The SMILES string of the molecule is CC#Cc1c(C[C@@H](N)COC(F)F)oc2c(NCc3cccs3)cc(Cl)nc12. The summed E-state index contributed by atoms with van der Waals surface area (Å²) in [6.07, 6.45) is 0.176. The predicted molar refractivity (Wildman–Crippen MR) is 107 cm³/mol. The smallest absolute Gasteiger partial charge is 0.345 e. The lowest BCUT2D eigenvalue weighted by Gasteiger charge is -2.10. The first-order valence-corrected chi connectivity index (χ1v) is 9.70. The highest BCUT2D eigenvalue weighted by Gasteiger charge is 2.21. The maximum Gasteiger partial charge on any atom is 0.345 e. The van der Waals surface area contributed by atoms with E-state index in [9.17, 15) is 8.78 Å². The summed E-state index contributed by atoms with van der Waals surface area (Å²) in [5.74, 6) is 6.24. The van der Waals surface area contributed by atoms with Crippen molar-refractivity contribution in [2.45, 2.75) is 32.5 Å². The van der Waals surface area contributed by atoms with E-state index in [-0.39, 0.29) is 18.2 Å². The molecule has 0 fully saturated rings. The first-order chi connectivity index (χ1) is 13.5. The fraction of sp³-hybridized carbons (Fsp3) is 0.316. The van der Waals surface area contributed by atoms with Crippen molar-refractivity contribution >= 4 is 39.7 Å². The van der Waals surface area contributed by atoms with Crippen molar-refractivity contribution in [3.05, 3.63) is 44.9 Å². The average Bonchev–Trinajstić information content (AvgIpc) is 3.27. The molecular formula is C19H18ClF2N3O2S. The Labute approximate surface area is 169 Å². The van der Waals surface area contributed by atoms with Gasteiger partial charge in [-0.15, -0.1) is 17.3 Å². The van der Waals surface area contributed by atoms with Crippen molar-refractivity contribution in [3.8, 4) is 11.8 Å². The van der Waals surface area contributed by atoms with Crippen LogP contribution in [0.4, 0.5) is 14.5 Å². The lowest BCUT2D eigenvalue weighted by atomic mass is 10.1. The molecule has 0 amide bonds. The van der Waals surface area contributed by atoms with E-state index in [1.165, 1.54) is 0 Å². The third-order valence-corrected chi connectivity index (χ3v) is 4.92. The lowest BCUT2D eigenvalue weighted by Crippen LogP contribution is -2.29. The van der Waals surface area contributed by atoms with Crippen LogP contribution in [0, 0.1) is 11.8 Å². The zero-order valence-corrected chi connectivity index (χ0v) is 16.5. The van der Waals surface area contributed by atoms with Gasteiger partial charge in [-0.2, -0.15) is 8.78 Å². The van der Waals surface area contributed by atoms with Crippen molar-refractivity contribution in [1.29, 1.82) is 0 Å². The van der Waals surface area contributed by atoms with Gasteiger partial charge in [-0.1, -0.05) is 23.6 Å². The fourth-order valence-corrected chi connectivity index (χ4v) is 3.54. The Morgan fingerprint density at radius 3 is 2.96 bits per heavy atom. The van der Waals surface area contributed by atoms with Crippen LogP contribution in [0.3, 0.4) is 0 Å². The van der Waals surface area contributed by atoms with Gasteiger partial charge < -0.3 is 20.2 Å². The van der Waals surface area contributed by atoms with E-state index >= 15 is 0 Å². The quantitative estimate of drug-likeness (QED) is 0.406. The number of alkyl halides is 2. The molecule has 0 spiro atoms. The van der Waals surface area contributed by atoms with Crippen molar-refractivity contribution in [2.24, 2.45) is 5.73 Å². The molecule has 0 aromatic carbocycles. The van der Waals surface area contributed by atoms with Gasteiger partial charge in [-0.3, -0.25) is 0 Å². The molecule has 28 heavy (non-hydrogen) atoms. The second-order valence-corrected chi connectivity index (χ2v) is 7.36. The Hall–Kier alpha value is -2.18. The summed E-state index contributed by atoms with van der Waals surface area (Å²) in [7, 11) is 0. The average molecular weight is 426 g/mol. The number of nitrogens with one attached hydrogen (secondary N) is 1. The largest absolute Gasteiger partial charge is 0.456 e. The van der Waals surface area contributed by atoms with Crippen molar-refractivity contribution < 1.29 is 17.9 Å². The topological polar surface area (TPSA) is 73.3 Å². The van der Waals surface area contributed by atoms with Crippen LogP contribution >= 0.6 is 22.9 Å². The molecule has 1 atom stereocenters. The van der Waals surface area contributed by atoms with Crippen molar-refractivity contribution in [2.75, 3.05) is 11.9 Å². The third-order valence-electron chi connectivity index (χ3n) is 3.85. The Bertz CT molecular complexity index is 996. The van der Waals surface area contributed by atoms with Gasteiger partial charge in [0.05, 0.1) is 17.9 Å². The molecule has 0 bridgehead atoms. The summed E-state index contributed by atoms with van der Waals surface area (Å²) in [6.45, 7) is -0.890. The standard InChI is InChI=1S/C19H18ClF2N3O2S/c1-2-4-13-15(7-11(23)10-26-19(21)22)27-18-14(8-16(20)25-17(13)18)24-9-12-5-3-6-28-12/h3,5-6,8,11,19H,7,9-10,23H2,1H3,(H,24,25)/t11-/m1/s1. The third kappa shape index (κ3) is 5.00. The molecule has 0 saturated heterocycles. The molecular weight excluding hydrogens is 408 g/mol. The molecule has 0 aliphatic heterocycles. The number of pyridine rings is 1. The van der Waals surface area contributed by atoms with Crippen LogP contribution in [0.15, 0.2) is 28.0 Å². The zero-order chi connectivity index (χ0) is 20.1. The number of ether oxygens (including phenoxy) is 1. The summed E-state index contributed by atoms with van der Waals surface area (Å²) in [5, 5.41) is 5.58. The highest BCUT2D eigenvalue weighted by Crippen LogP contribution is 2.33. The van der Waals surface area contributed by atoms with Gasteiger partial charge in [0.1, 0.15) is 16.4 Å². The van der Waals surface area contributed by atoms with Gasteiger partial charge in [0.2, 0.25) is 0 Å². The van der Waals surface area contributed by atoms with Gasteiger partial charge in [0.25, 0.3) is 0 Å². The molecule has 3 rings (SSSR count). The van der Waals surface area contributed by atoms with Gasteiger partial charge in [-0.25, -0.2) is 4.98 Å². The first kappa shape index (κ1) is 20.6. The Morgan fingerprint density at radius 1 is 1.46 bits per heavy atom. The summed E-state index contributed by atoms with van der Waals surface area (Å²) in [4.78, 5) is 5.49. The van der Waals surface area contributed by atoms with E-state index in [2.05, 4.69) is 26.9 Å². The number of hydrogen-bond acceptors (Lipinski definition) is 6. The fourth-order valence-electron chi connectivity index (χ4n) is 2.70. The molecule has 9 heteroatoms. The summed E-state index contributed by atoms with van der Waals surface area (Å²) < 4.78 is 34.8. The van der Waals surface area contributed by atoms with Crippen molar-refractivity contribution in [3.63, 3.8) is 0 Å². The lowest BCUT2D eigenvalue weighted by molar-refractivity contribution is -0.132. The predicted octanol–water partition coefficient (Wildman–Crippen LogP) is 4.64. The van der Waals surface area contributed by atoms with Gasteiger partial charge in [-0.05, 0) is 18.4 Å². The van der Waals surface area contributed by atoms with Crippen LogP contribution in [0.2, 0.25) is 5.15 Å². The van der Waals surface area contributed by atoms with E-state index in [1.807, 2.05) is 17.5 Å². The number of hydrogen-bond donors (Lipinski definition) is 2. The number of rotatable bonds is 8. The number of halogens is 3. The van der Waals surface area contributed by atoms with Crippen LogP contribution in [-0.4, -0.2) is 24.2 Å². The van der Waals surface area contributed by atoms with E-state index in [0.717, 1.165) is 4.88 Å². The van der Waals surface area contributed by atoms with E-state index in [1.54, 1.807) is 24.3 Å². The molecule has 3 aromatic rings. The minimum atomic E-state index is -2.87. The molecule has 148 valence electrons. The van der Waals surface area contributed by atoms with Gasteiger partial charge >= 0.3 is 6.61 Å². The van der Waals surface area contributed by atoms with Crippen LogP contribution < -0.4 is 11.1 Å². The van der Waals surface area contributed by atoms with Crippen LogP contribution in [0.1, 0.15) is 23.1 Å². The van der Waals surface area contributed by atoms with Gasteiger partial charge in [0.15, 0.2) is 5.58 Å². The maximum absolute atomic E-state index is 12.2. The number of aromatic nitrogens is 1. The Kier molecular flexibility index (Phi) is 6.86. The number of fused-ring (bicyclic) bond motifs is 1. The second-order valence-electron chi connectivity index (χ2n) is 5.94. The number of thiophene rings is 1. The van der Waals surface area contributed by atoms with Crippen LogP contribution in [-0.2, 0) is 17.7 Å². The van der Waals surface area contributed by atoms with Crippen LogP contribution in [0.5, 0.6) is 0 Å². The number of anilines is 1. The molecule has 0 aliphatic rings. The molecule has 3 aromatic heterocycles. The van der Waals surface area contributed by atoms with E-state index in [0.29, 0.717) is 34.7 Å². The highest BCUT2D eigenvalue weighted by atomic mass is 35.5. The highest BCUT2D eigenvalue weighted by molar-refractivity contribution is 7.09. The first-order valence-electron chi connectivity index (χ1n) is 8.44. The Morgan fingerprint density at radius 2 is 2.29 bits per heavy atom. The monoisotopic (exact) mass is 425 g/mol. The van der Waals surface area contributed by atoms with Crippen molar-refractivity contribution in [1.82, 2.24) is 4.98 Å². The minimum absolute atomic E-state index is 0.176. The molecule has 3 heterocycles. The summed E-state index contributed by atoms with van der Waals surface area (Å²) in [5.41, 5.74) is 8.13. The molecule has 3 N–H and O–H groups in total. The van der Waals surface area contributed by atoms with E-state index in [4.69, 9.17) is 21.8 Å². The Balaban J connectivity index is 1.93. The minimum Gasteiger partial charge on any atom is -0.456 e. The number of nitrogens with zero attached hydrogens (tertiary/aromatic N) is 1. The normalized spacial score (nSPS) is 12.2. The summed E-state index contributed by atoms with van der Waals surface area (Å²) >= 11 is 7.82. The van der Waals surface area contributed by atoms with Gasteiger partial charge in [0, 0.05) is 30.0 Å². The molecule has 0 aliphatic carbocycles. The molecule has 0 saturated carbocycles. The second kappa shape index (κ2) is 9.34. The summed E-state index contributed by atoms with van der Waals surface area (Å²) in [6, 6.07) is 4.99. The van der Waals surface area contributed by atoms with Crippen LogP contribution in [0.25, 0.3) is 11.1 Å². The number of nitrogens with two attached hydrogens (primary N) is 1. The molecule has 5 nitrogen and oxygen atoms in total. The maximum atomic E-state index is 12.2.